The summed E-state index contributed by atoms with van der Waals surface area (Å²) in [5.74, 6) is -7.80. The summed E-state index contributed by atoms with van der Waals surface area (Å²) in [6.45, 7) is 0. The lowest BCUT2D eigenvalue weighted by Crippen LogP contribution is -2.20. The molecule has 2 aliphatic rings. The third-order valence-electron chi connectivity index (χ3n) is 8.15. The van der Waals surface area contributed by atoms with Gasteiger partial charge in [0.15, 0.2) is 0 Å². The molecule has 0 unspecified atom stereocenters. The highest BCUT2D eigenvalue weighted by atomic mass is 19.4. The number of alkyl halides is 12. The van der Waals surface area contributed by atoms with Gasteiger partial charge >= 0.3 is 25.1 Å². The van der Waals surface area contributed by atoms with E-state index in [2.05, 4.69) is 9.47 Å². The Morgan fingerprint density at radius 2 is 0.776 bits per heavy atom. The van der Waals surface area contributed by atoms with E-state index >= 15 is 8.78 Å². The van der Waals surface area contributed by atoms with Crippen molar-refractivity contribution in [2.45, 2.75) is 25.1 Å². The highest BCUT2D eigenvalue weighted by molar-refractivity contribution is 6.30. The summed E-state index contributed by atoms with van der Waals surface area (Å²) in [6.07, 6.45) is -22.6. The van der Waals surface area contributed by atoms with Crippen molar-refractivity contribution in [2.24, 2.45) is 0 Å². The molecule has 3 aromatic rings. The highest BCUT2D eigenvalue weighted by Gasteiger charge is 2.46. The molecule has 0 fully saturated rings. The molecule has 58 heavy (non-hydrogen) atoms. The summed E-state index contributed by atoms with van der Waals surface area (Å²) in [6, 6.07) is 8.51. The number of nitrogens with zero attached hydrogens (tertiary/aromatic N) is 6. The second-order valence-electron chi connectivity index (χ2n) is 11.3. The first-order valence-corrected chi connectivity index (χ1v) is 14.8. The van der Waals surface area contributed by atoms with E-state index in [0.717, 1.165) is 0 Å². The minimum absolute atomic E-state index is 0.000697. The molecule has 3 aromatic carbocycles. The zero-order valence-electron chi connectivity index (χ0n) is 27.3. The summed E-state index contributed by atoms with van der Waals surface area (Å²) in [7, 11) is 0. The van der Waals surface area contributed by atoms with Crippen molar-refractivity contribution in [1.29, 1.82) is 31.6 Å². The number of rotatable bonds is 4. The summed E-state index contributed by atoms with van der Waals surface area (Å²) in [5.41, 5.74) is -20.6. The molecule has 0 atom stereocenters. The maximum absolute atomic E-state index is 17.3. The zero-order chi connectivity index (χ0) is 43.4. The predicted molar refractivity (Wildman–Crippen MR) is 164 cm³/mol. The quantitative estimate of drug-likeness (QED) is 0.186. The highest BCUT2D eigenvalue weighted by Crippen LogP contribution is 2.58. The van der Waals surface area contributed by atoms with Crippen molar-refractivity contribution >= 4 is 33.4 Å². The van der Waals surface area contributed by atoms with Gasteiger partial charge < -0.3 is 9.47 Å². The number of hydrogen-bond donors (Lipinski definition) is 0. The summed E-state index contributed by atoms with van der Waals surface area (Å²) < 4.78 is 203. The zero-order valence-corrected chi connectivity index (χ0v) is 27.3. The van der Waals surface area contributed by atoms with Gasteiger partial charge in [-0.15, -0.1) is 26.3 Å². The molecule has 0 aliphatic heterocycles. The maximum atomic E-state index is 17.3. The van der Waals surface area contributed by atoms with Gasteiger partial charge in [0.25, 0.3) is 0 Å². The third-order valence-corrected chi connectivity index (χ3v) is 8.15. The van der Waals surface area contributed by atoms with E-state index in [1.54, 1.807) is 0 Å². The van der Waals surface area contributed by atoms with E-state index in [4.69, 9.17) is 0 Å². The standard InChI is InChI=1S/C36H6F14N6O2/c37-31-27-17(11-55)23(13-1-3-19(33(39,40)41)21(5-13)57-35(45,46)47)25(15(7-51)8-52)29(27)32(38)30-26(16(9-53)10-54)24(18(12-56)28(30)31)14-2-4-20(34(42,43)44)22(6-14)58-36(48,49)50/h1-6H. The first kappa shape index (κ1) is 41.3. The van der Waals surface area contributed by atoms with E-state index in [-0.39, 0.29) is 24.3 Å². The van der Waals surface area contributed by atoms with Crippen LogP contribution >= 0.6 is 0 Å². The van der Waals surface area contributed by atoms with Crippen LogP contribution in [0.1, 0.15) is 44.5 Å². The number of ether oxygens (including phenoxy) is 2. The number of fused-ring (bicyclic) bond motifs is 2. The van der Waals surface area contributed by atoms with Gasteiger partial charge in [-0.25, -0.2) is 8.78 Å². The second kappa shape index (κ2) is 14.0. The lowest BCUT2D eigenvalue weighted by atomic mass is 9.88. The average molecular weight is 820 g/mol. The molecule has 8 nitrogen and oxygen atoms in total. The molecule has 290 valence electrons. The van der Waals surface area contributed by atoms with Gasteiger partial charge in [0, 0.05) is 44.5 Å². The van der Waals surface area contributed by atoms with Gasteiger partial charge in [-0.1, -0.05) is 12.1 Å². The topological polar surface area (TPSA) is 161 Å². The SMILES string of the molecule is N#CC(C#N)=C1C(c2ccc(C(F)(F)F)c(OC(F)(F)F)c2)=C(C#N)c2c(F)c3c(c(F)c21)C(=C(C#N)C#N)C(c1ccc(C(F)(F)F)c(OC(F)(F)F)c1)=C3C#N. The smallest absolute Gasteiger partial charge is 0.405 e. The van der Waals surface area contributed by atoms with Gasteiger partial charge in [-0.05, 0) is 35.4 Å². The molecule has 0 bridgehead atoms. The van der Waals surface area contributed by atoms with Crippen molar-refractivity contribution in [1.82, 2.24) is 0 Å². The van der Waals surface area contributed by atoms with Gasteiger partial charge in [0.1, 0.15) is 70.7 Å². The van der Waals surface area contributed by atoms with Crippen LogP contribution in [0.2, 0.25) is 0 Å². The molecule has 0 N–H and O–H groups in total. The molecule has 0 saturated carbocycles. The lowest BCUT2D eigenvalue weighted by Gasteiger charge is -2.18. The van der Waals surface area contributed by atoms with Crippen molar-refractivity contribution in [3.8, 4) is 47.9 Å². The van der Waals surface area contributed by atoms with E-state index in [1.807, 2.05) is 0 Å². The maximum Gasteiger partial charge on any atom is 0.573 e. The minimum atomic E-state index is -5.79. The Morgan fingerprint density at radius 3 is 1.03 bits per heavy atom. The number of hydrogen-bond acceptors (Lipinski definition) is 8. The Bertz CT molecular complexity index is 2540. The minimum Gasteiger partial charge on any atom is -0.405 e. The normalized spacial score (nSPS) is 13.7. The fourth-order valence-electron chi connectivity index (χ4n) is 6.19. The first-order valence-electron chi connectivity index (χ1n) is 14.8. The second-order valence-corrected chi connectivity index (χ2v) is 11.3. The van der Waals surface area contributed by atoms with Crippen LogP contribution in [0.25, 0.3) is 33.4 Å². The molecular formula is C36H6F14N6O2. The number of allylic oxidation sites excluding steroid dienone is 8. The van der Waals surface area contributed by atoms with Gasteiger partial charge in [-0.3, -0.25) is 0 Å². The third kappa shape index (κ3) is 6.95. The predicted octanol–water partition coefficient (Wildman–Crippen LogP) is 10.3. The molecule has 0 amide bonds. The summed E-state index contributed by atoms with van der Waals surface area (Å²) in [4.78, 5) is 0. The summed E-state index contributed by atoms with van der Waals surface area (Å²) in [5, 5.41) is 59.8. The largest absolute Gasteiger partial charge is 0.573 e. The molecule has 0 radical (unpaired) electrons. The molecule has 0 aromatic heterocycles. The Balaban J connectivity index is 1.98. The van der Waals surface area contributed by atoms with Crippen LogP contribution in [0.3, 0.4) is 0 Å². The molecular weight excluding hydrogens is 814 g/mol. The van der Waals surface area contributed by atoms with Crippen molar-refractivity contribution in [3.63, 3.8) is 0 Å². The van der Waals surface area contributed by atoms with Crippen LogP contribution in [0, 0.1) is 79.6 Å². The van der Waals surface area contributed by atoms with Crippen LogP contribution < -0.4 is 9.47 Å². The van der Waals surface area contributed by atoms with E-state index in [9.17, 15) is 84.3 Å². The number of benzene rings is 3. The Hall–Kier alpha value is -7.82. The molecule has 0 heterocycles. The lowest BCUT2D eigenvalue weighted by molar-refractivity contribution is -0.277. The van der Waals surface area contributed by atoms with E-state index < -0.39 is 137 Å². The van der Waals surface area contributed by atoms with Crippen molar-refractivity contribution in [3.05, 3.63) is 104 Å². The van der Waals surface area contributed by atoms with Crippen LogP contribution in [-0.2, 0) is 12.4 Å². The van der Waals surface area contributed by atoms with Crippen LogP contribution in [0.5, 0.6) is 11.5 Å². The molecule has 2 aliphatic carbocycles. The Labute approximate surface area is 312 Å². The monoisotopic (exact) mass is 820 g/mol. The Kier molecular flexibility index (Phi) is 10.0. The van der Waals surface area contributed by atoms with Crippen molar-refractivity contribution in [2.75, 3.05) is 0 Å². The van der Waals surface area contributed by atoms with Gasteiger partial charge in [0.05, 0.1) is 22.3 Å². The first-order chi connectivity index (χ1) is 26.9. The fraction of sp³-hybridized carbons (Fsp3) is 0.111. The average Bonchev–Trinajstić information content (AvgIpc) is 3.64. The molecule has 5 rings (SSSR count). The van der Waals surface area contributed by atoms with Crippen LogP contribution in [0.4, 0.5) is 61.5 Å². The van der Waals surface area contributed by atoms with Gasteiger partial charge in [0.2, 0.25) is 0 Å². The van der Waals surface area contributed by atoms with E-state index in [1.165, 1.54) is 36.4 Å². The number of nitriles is 6. The van der Waals surface area contributed by atoms with Crippen LogP contribution in [-0.4, -0.2) is 12.7 Å². The summed E-state index contributed by atoms with van der Waals surface area (Å²) >= 11 is 0. The number of halogens is 14. The van der Waals surface area contributed by atoms with E-state index in [0.29, 0.717) is 12.1 Å². The van der Waals surface area contributed by atoms with Crippen molar-refractivity contribution < 1.29 is 70.9 Å². The fourth-order valence-corrected chi connectivity index (χ4v) is 6.19. The Morgan fingerprint density at radius 1 is 0.466 bits per heavy atom. The van der Waals surface area contributed by atoms with Gasteiger partial charge in [-0.2, -0.15) is 57.9 Å². The van der Waals surface area contributed by atoms with Crippen LogP contribution in [0.15, 0.2) is 47.5 Å². The molecule has 0 spiro atoms. The molecule has 0 saturated heterocycles. The molecule has 22 heteroatoms.